The highest BCUT2D eigenvalue weighted by Crippen LogP contribution is 2.30. The van der Waals surface area contributed by atoms with Crippen LogP contribution in [0, 0.1) is 13.8 Å². The Morgan fingerprint density at radius 2 is 1.67 bits per heavy atom. The lowest BCUT2D eigenvalue weighted by Gasteiger charge is -2.31. The van der Waals surface area contributed by atoms with Crippen molar-refractivity contribution in [3.8, 4) is 0 Å². The number of amides is 2. The highest BCUT2D eigenvalue weighted by Gasteiger charge is 2.42. The Kier molecular flexibility index (Phi) is 3.89. The van der Waals surface area contributed by atoms with Crippen LogP contribution in [-0.2, 0) is 0 Å². The van der Waals surface area contributed by atoms with Gasteiger partial charge in [-0.1, -0.05) is 25.3 Å². The van der Waals surface area contributed by atoms with Crippen molar-refractivity contribution in [1.29, 1.82) is 0 Å². The third-order valence-corrected chi connectivity index (χ3v) is 4.83. The van der Waals surface area contributed by atoms with Gasteiger partial charge in [-0.05, 0) is 62.8 Å². The molecule has 2 fully saturated rings. The van der Waals surface area contributed by atoms with Crippen LogP contribution in [0.25, 0.3) is 0 Å². The first-order chi connectivity index (χ1) is 10.1. The number of hydrogen-bond donors (Lipinski definition) is 2. The number of carbonyl (C=O) groups is 1. The Hall–Kier alpha value is -1.55. The van der Waals surface area contributed by atoms with Crippen LogP contribution in [0.15, 0.2) is 18.2 Å². The maximum absolute atomic E-state index is 12.4. The van der Waals surface area contributed by atoms with Gasteiger partial charge in [0.05, 0.1) is 5.69 Å². The zero-order valence-corrected chi connectivity index (χ0v) is 13.0. The fraction of sp³-hybridized carbons (Fsp3) is 0.588. The smallest absolute Gasteiger partial charge is 0.317 e. The SMILES string of the molecule is Cc1ccc(N2NC3(CCCCCCC3)NC2=O)cc1C. The summed E-state index contributed by atoms with van der Waals surface area (Å²) >= 11 is 0. The molecule has 0 aromatic heterocycles. The molecule has 1 aliphatic heterocycles. The van der Waals surface area contributed by atoms with Crippen LogP contribution < -0.4 is 15.8 Å². The highest BCUT2D eigenvalue weighted by molar-refractivity contribution is 5.93. The molecule has 0 atom stereocenters. The van der Waals surface area contributed by atoms with E-state index < -0.39 is 0 Å². The molecule has 4 nitrogen and oxygen atoms in total. The second-order valence-corrected chi connectivity index (χ2v) is 6.50. The van der Waals surface area contributed by atoms with Gasteiger partial charge in [-0.15, -0.1) is 0 Å². The van der Waals surface area contributed by atoms with Crippen LogP contribution in [0.4, 0.5) is 10.5 Å². The van der Waals surface area contributed by atoms with Gasteiger partial charge in [0.1, 0.15) is 5.66 Å². The maximum Gasteiger partial charge on any atom is 0.338 e. The molecule has 114 valence electrons. The van der Waals surface area contributed by atoms with Crippen molar-refractivity contribution in [2.45, 2.75) is 64.5 Å². The van der Waals surface area contributed by atoms with Gasteiger partial charge in [0, 0.05) is 0 Å². The van der Waals surface area contributed by atoms with Crippen molar-refractivity contribution in [3.63, 3.8) is 0 Å². The lowest BCUT2D eigenvalue weighted by atomic mass is 9.92. The molecule has 2 N–H and O–H groups in total. The quantitative estimate of drug-likeness (QED) is 0.825. The normalized spacial score (nSPS) is 22.0. The van der Waals surface area contributed by atoms with Crippen LogP contribution >= 0.6 is 0 Å². The molecule has 2 amide bonds. The van der Waals surface area contributed by atoms with Crippen LogP contribution in [0.1, 0.15) is 56.1 Å². The molecule has 3 rings (SSSR count). The molecule has 0 radical (unpaired) electrons. The molecule has 2 aliphatic rings. The molecular weight excluding hydrogens is 262 g/mol. The summed E-state index contributed by atoms with van der Waals surface area (Å²) in [6.07, 6.45) is 8.24. The first kappa shape index (κ1) is 14.4. The Labute approximate surface area is 126 Å². The predicted octanol–water partition coefficient (Wildman–Crippen LogP) is 3.78. The Morgan fingerprint density at radius 3 is 2.33 bits per heavy atom. The fourth-order valence-electron chi connectivity index (χ4n) is 3.35. The van der Waals surface area contributed by atoms with Gasteiger partial charge in [-0.2, -0.15) is 0 Å². The van der Waals surface area contributed by atoms with Crippen molar-refractivity contribution < 1.29 is 4.79 Å². The molecule has 1 aromatic rings. The molecule has 1 spiro atoms. The summed E-state index contributed by atoms with van der Waals surface area (Å²) in [6.45, 7) is 4.17. The largest absolute Gasteiger partial charge is 0.338 e. The van der Waals surface area contributed by atoms with Gasteiger partial charge < -0.3 is 5.32 Å². The number of benzene rings is 1. The standard InChI is InChI=1S/C17H25N3O/c1-13-8-9-15(12-14(13)2)20-16(21)18-17(19-20)10-6-4-3-5-7-11-17/h8-9,12,19H,3-7,10-11H2,1-2H3,(H,18,21). The average Bonchev–Trinajstić information content (AvgIpc) is 2.76. The van der Waals surface area contributed by atoms with E-state index in [0.29, 0.717) is 0 Å². The van der Waals surface area contributed by atoms with Crippen molar-refractivity contribution >= 4 is 11.7 Å². The van der Waals surface area contributed by atoms with Gasteiger partial charge in [-0.25, -0.2) is 15.2 Å². The number of urea groups is 1. The lowest BCUT2D eigenvalue weighted by molar-refractivity contribution is 0.232. The van der Waals surface area contributed by atoms with Gasteiger partial charge in [0.15, 0.2) is 0 Å². The molecule has 1 heterocycles. The second kappa shape index (κ2) is 5.68. The summed E-state index contributed by atoms with van der Waals surface area (Å²) in [5, 5.41) is 4.88. The molecule has 1 aliphatic carbocycles. The molecule has 21 heavy (non-hydrogen) atoms. The number of nitrogens with one attached hydrogen (secondary N) is 2. The number of rotatable bonds is 1. The molecular formula is C17H25N3O. The minimum absolute atomic E-state index is 0.0289. The number of carbonyl (C=O) groups excluding carboxylic acids is 1. The van der Waals surface area contributed by atoms with E-state index in [1.54, 1.807) is 5.01 Å². The number of hydrazine groups is 1. The van der Waals surface area contributed by atoms with E-state index >= 15 is 0 Å². The fourth-order valence-corrected chi connectivity index (χ4v) is 3.35. The summed E-state index contributed by atoms with van der Waals surface area (Å²) in [6, 6.07) is 6.13. The number of anilines is 1. The van der Waals surface area contributed by atoms with Gasteiger partial charge in [0.25, 0.3) is 0 Å². The Balaban J connectivity index is 1.81. The van der Waals surface area contributed by atoms with Crippen molar-refractivity contribution in [2.24, 2.45) is 0 Å². The molecule has 1 saturated carbocycles. The van der Waals surface area contributed by atoms with Crippen LogP contribution in [0.3, 0.4) is 0 Å². The Morgan fingerprint density at radius 1 is 1.00 bits per heavy atom. The van der Waals surface area contributed by atoms with E-state index in [1.807, 2.05) is 6.07 Å². The van der Waals surface area contributed by atoms with Gasteiger partial charge >= 0.3 is 6.03 Å². The zero-order chi connectivity index (χ0) is 14.9. The zero-order valence-electron chi connectivity index (χ0n) is 13.0. The highest BCUT2D eigenvalue weighted by atomic mass is 16.2. The molecule has 4 heteroatoms. The lowest BCUT2D eigenvalue weighted by Crippen LogP contribution is -2.51. The molecule has 0 bridgehead atoms. The molecule has 1 saturated heterocycles. The molecule has 0 unspecified atom stereocenters. The third-order valence-electron chi connectivity index (χ3n) is 4.83. The van der Waals surface area contributed by atoms with Crippen molar-refractivity contribution in [1.82, 2.24) is 10.7 Å². The predicted molar refractivity (Wildman–Crippen MR) is 85.1 cm³/mol. The van der Waals surface area contributed by atoms with Crippen LogP contribution in [-0.4, -0.2) is 11.7 Å². The van der Waals surface area contributed by atoms with E-state index in [9.17, 15) is 4.79 Å². The first-order valence-electron chi connectivity index (χ1n) is 8.07. The van der Waals surface area contributed by atoms with E-state index in [2.05, 4.69) is 36.7 Å². The van der Waals surface area contributed by atoms with E-state index in [-0.39, 0.29) is 11.7 Å². The van der Waals surface area contributed by atoms with E-state index in [4.69, 9.17) is 0 Å². The minimum atomic E-state index is -0.240. The van der Waals surface area contributed by atoms with Crippen LogP contribution in [0.2, 0.25) is 0 Å². The Bertz CT molecular complexity index is 533. The second-order valence-electron chi connectivity index (χ2n) is 6.50. The topological polar surface area (TPSA) is 44.4 Å². The van der Waals surface area contributed by atoms with Crippen molar-refractivity contribution in [2.75, 3.05) is 5.01 Å². The van der Waals surface area contributed by atoms with E-state index in [1.165, 1.54) is 43.2 Å². The van der Waals surface area contributed by atoms with E-state index in [0.717, 1.165) is 18.5 Å². The first-order valence-corrected chi connectivity index (χ1v) is 8.07. The summed E-state index contributed by atoms with van der Waals surface area (Å²) in [5.74, 6) is 0. The average molecular weight is 287 g/mol. The number of hydrogen-bond acceptors (Lipinski definition) is 2. The number of aryl methyl sites for hydroxylation is 2. The summed E-state index contributed by atoms with van der Waals surface area (Å²) < 4.78 is 0. The summed E-state index contributed by atoms with van der Waals surface area (Å²) in [5.41, 5.74) is 6.60. The summed E-state index contributed by atoms with van der Waals surface area (Å²) in [4.78, 5) is 12.4. The maximum atomic E-state index is 12.4. The van der Waals surface area contributed by atoms with Gasteiger partial charge in [-0.3, -0.25) is 0 Å². The molecule has 1 aromatic carbocycles. The van der Waals surface area contributed by atoms with Crippen LogP contribution in [0.5, 0.6) is 0 Å². The number of nitrogens with zero attached hydrogens (tertiary/aromatic N) is 1. The van der Waals surface area contributed by atoms with Crippen molar-refractivity contribution in [3.05, 3.63) is 29.3 Å². The monoisotopic (exact) mass is 287 g/mol. The van der Waals surface area contributed by atoms with Gasteiger partial charge in [0.2, 0.25) is 0 Å². The summed E-state index contributed by atoms with van der Waals surface area (Å²) in [7, 11) is 0. The minimum Gasteiger partial charge on any atom is -0.317 e. The third kappa shape index (κ3) is 2.91.